The number of rotatable bonds is 4. The molecule has 1 aliphatic carbocycles. The van der Waals surface area contributed by atoms with Gasteiger partial charge in [0.25, 0.3) is 5.91 Å². The number of ether oxygens (including phenoxy) is 1. The molecule has 1 aliphatic heterocycles. The number of nitrogens with zero attached hydrogens (tertiary/aromatic N) is 1. The average Bonchev–Trinajstić information content (AvgIpc) is 2.93. The Balaban J connectivity index is 1.55. The lowest BCUT2D eigenvalue weighted by Crippen LogP contribution is -2.47. The van der Waals surface area contributed by atoms with E-state index in [9.17, 15) is 14.4 Å². The highest BCUT2D eigenvalue weighted by Crippen LogP contribution is 2.39. The molecule has 150 valence electrons. The molecule has 1 atom stereocenters. The van der Waals surface area contributed by atoms with Crippen molar-refractivity contribution in [3.63, 3.8) is 0 Å². The van der Waals surface area contributed by atoms with Gasteiger partial charge in [-0.2, -0.15) is 0 Å². The van der Waals surface area contributed by atoms with Crippen molar-refractivity contribution in [3.8, 4) is 5.75 Å². The Morgan fingerprint density at radius 2 is 2.03 bits per heavy atom. The first-order valence-electron chi connectivity index (χ1n) is 9.61. The summed E-state index contributed by atoms with van der Waals surface area (Å²) in [6.07, 6.45) is 2.19. The number of methoxy groups -OCH3 is 1. The monoisotopic (exact) mass is 393 g/mol. The van der Waals surface area contributed by atoms with E-state index in [4.69, 9.17) is 4.74 Å². The molecule has 0 bridgehead atoms. The van der Waals surface area contributed by atoms with Crippen LogP contribution in [0.25, 0.3) is 0 Å². The molecule has 1 fully saturated rings. The summed E-state index contributed by atoms with van der Waals surface area (Å²) in [6, 6.07) is 12.5. The van der Waals surface area contributed by atoms with Gasteiger partial charge in [-0.3, -0.25) is 14.5 Å². The number of imide groups is 1. The van der Waals surface area contributed by atoms with E-state index in [0.29, 0.717) is 17.9 Å². The Morgan fingerprint density at radius 3 is 2.83 bits per heavy atom. The number of hydrogen-bond acceptors (Lipinski definition) is 4. The van der Waals surface area contributed by atoms with E-state index in [0.717, 1.165) is 34.4 Å². The maximum absolute atomic E-state index is 13.3. The molecule has 1 saturated heterocycles. The zero-order valence-corrected chi connectivity index (χ0v) is 16.5. The summed E-state index contributed by atoms with van der Waals surface area (Å²) < 4.78 is 5.27. The zero-order valence-electron chi connectivity index (χ0n) is 16.5. The van der Waals surface area contributed by atoms with Gasteiger partial charge in [0, 0.05) is 0 Å². The maximum atomic E-state index is 13.3. The van der Waals surface area contributed by atoms with Gasteiger partial charge in [0.05, 0.1) is 12.8 Å². The first-order chi connectivity index (χ1) is 13.9. The number of carbonyl (C=O) groups excluding carboxylic acids is 3. The predicted molar refractivity (Wildman–Crippen MR) is 108 cm³/mol. The second kappa shape index (κ2) is 7.24. The summed E-state index contributed by atoms with van der Waals surface area (Å²) in [6.45, 7) is 1.54. The third kappa shape index (κ3) is 3.22. The molecule has 2 aromatic rings. The van der Waals surface area contributed by atoms with E-state index < -0.39 is 17.5 Å². The lowest BCUT2D eigenvalue weighted by molar-refractivity contribution is -0.134. The SMILES string of the molecule is COc1ccc(C)cc1NC(=O)CN1C(=O)N[C@@]2(CCCc3ccccc32)C1=O. The highest BCUT2D eigenvalue weighted by Gasteiger charge is 2.54. The lowest BCUT2D eigenvalue weighted by Gasteiger charge is -2.33. The summed E-state index contributed by atoms with van der Waals surface area (Å²) in [7, 11) is 1.52. The van der Waals surface area contributed by atoms with Crippen LogP contribution in [-0.4, -0.2) is 36.4 Å². The summed E-state index contributed by atoms with van der Waals surface area (Å²) in [5, 5.41) is 5.60. The van der Waals surface area contributed by atoms with E-state index in [-0.39, 0.29) is 12.5 Å². The molecular formula is C22H23N3O4. The first-order valence-corrected chi connectivity index (χ1v) is 9.61. The number of carbonyl (C=O) groups is 3. The fraction of sp³-hybridized carbons (Fsp3) is 0.318. The van der Waals surface area contributed by atoms with Gasteiger partial charge in [-0.1, -0.05) is 30.3 Å². The van der Waals surface area contributed by atoms with Crippen LogP contribution in [0.5, 0.6) is 5.75 Å². The second-order valence-electron chi connectivity index (χ2n) is 7.49. The van der Waals surface area contributed by atoms with Crippen LogP contribution in [-0.2, 0) is 21.5 Å². The van der Waals surface area contributed by atoms with Crippen LogP contribution in [0.2, 0.25) is 0 Å². The van der Waals surface area contributed by atoms with Crippen molar-refractivity contribution in [2.75, 3.05) is 19.0 Å². The fourth-order valence-electron chi connectivity index (χ4n) is 4.21. The zero-order chi connectivity index (χ0) is 20.6. The van der Waals surface area contributed by atoms with Crippen LogP contribution in [0.4, 0.5) is 10.5 Å². The number of urea groups is 1. The van der Waals surface area contributed by atoms with Gasteiger partial charge >= 0.3 is 6.03 Å². The van der Waals surface area contributed by atoms with Crippen molar-refractivity contribution >= 4 is 23.5 Å². The number of fused-ring (bicyclic) bond motifs is 2. The fourth-order valence-corrected chi connectivity index (χ4v) is 4.21. The van der Waals surface area contributed by atoms with Crippen molar-refractivity contribution in [2.45, 2.75) is 31.7 Å². The van der Waals surface area contributed by atoms with Crippen molar-refractivity contribution < 1.29 is 19.1 Å². The highest BCUT2D eigenvalue weighted by atomic mass is 16.5. The van der Waals surface area contributed by atoms with E-state index in [2.05, 4.69) is 10.6 Å². The molecular weight excluding hydrogens is 370 g/mol. The summed E-state index contributed by atoms with van der Waals surface area (Å²) in [4.78, 5) is 39.5. The molecule has 1 spiro atoms. The molecule has 7 nitrogen and oxygen atoms in total. The number of amides is 4. The Hall–Kier alpha value is -3.35. The van der Waals surface area contributed by atoms with Crippen molar-refractivity contribution in [2.24, 2.45) is 0 Å². The molecule has 2 aliphatic rings. The molecule has 2 N–H and O–H groups in total. The normalized spacial score (nSPS) is 20.4. The minimum atomic E-state index is -1.08. The Bertz CT molecular complexity index is 1000. The quantitative estimate of drug-likeness (QED) is 0.782. The van der Waals surface area contributed by atoms with Gasteiger partial charge in [0.1, 0.15) is 17.8 Å². The minimum Gasteiger partial charge on any atom is -0.495 e. The number of aryl methyl sites for hydroxylation is 2. The van der Waals surface area contributed by atoms with Gasteiger partial charge in [-0.05, 0) is 55.0 Å². The summed E-state index contributed by atoms with van der Waals surface area (Å²) in [5.74, 6) is -0.321. The van der Waals surface area contributed by atoms with Gasteiger partial charge < -0.3 is 15.4 Å². The van der Waals surface area contributed by atoms with E-state index >= 15 is 0 Å². The first kappa shape index (κ1) is 19.0. The third-order valence-corrected chi connectivity index (χ3v) is 5.58. The average molecular weight is 393 g/mol. The molecule has 7 heteroatoms. The second-order valence-corrected chi connectivity index (χ2v) is 7.49. The van der Waals surface area contributed by atoms with Crippen LogP contribution in [0.15, 0.2) is 42.5 Å². The number of hydrogen-bond donors (Lipinski definition) is 2. The van der Waals surface area contributed by atoms with Crippen molar-refractivity contribution in [1.82, 2.24) is 10.2 Å². The van der Waals surface area contributed by atoms with Crippen LogP contribution in [0, 0.1) is 6.92 Å². The molecule has 0 saturated carbocycles. The summed E-state index contributed by atoms with van der Waals surface area (Å²) in [5.41, 5.74) is 2.26. The molecule has 2 aromatic carbocycles. The molecule has 1 heterocycles. The van der Waals surface area contributed by atoms with E-state index in [1.165, 1.54) is 7.11 Å². The van der Waals surface area contributed by atoms with E-state index in [1.807, 2.05) is 37.3 Å². The smallest absolute Gasteiger partial charge is 0.325 e. The molecule has 4 amide bonds. The van der Waals surface area contributed by atoms with Crippen LogP contribution in [0.1, 0.15) is 29.5 Å². The maximum Gasteiger partial charge on any atom is 0.325 e. The molecule has 0 aromatic heterocycles. The number of anilines is 1. The topological polar surface area (TPSA) is 87.7 Å². The third-order valence-electron chi connectivity index (χ3n) is 5.58. The Morgan fingerprint density at radius 1 is 1.24 bits per heavy atom. The number of benzene rings is 2. The van der Waals surface area contributed by atoms with Crippen molar-refractivity contribution in [1.29, 1.82) is 0 Å². The molecule has 4 rings (SSSR count). The van der Waals surface area contributed by atoms with Crippen molar-refractivity contribution in [3.05, 3.63) is 59.2 Å². The standard InChI is InChI=1S/C22H23N3O4/c1-14-9-10-18(29-2)17(12-14)23-19(26)13-25-20(27)22(24-21(25)28)11-5-7-15-6-3-4-8-16(15)22/h3-4,6,8-10,12H,5,7,11,13H2,1-2H3,(H,23,26)(H,24,28)/t22-/m1/s1. The largest absolute Gasteiger partial charge is 0.495 e. The lowest BCUT2D eigenvalue weighted by atomic mass is 9.76. The predicted octanol–water partition coefficient (Wildman–Crippen LogP) is 2.73. The van der Waals surface area contributed by atoms with Gasteiger partial charge in [0.2, 0.25) is 5.91 Å². The Kier molecular flexibility index (Phi) is 4.74. The molecule has 29 heavy (non-hydrogen) atoms. The van der Waals surface area contributed by atoms with Crippen LogP contribution in [0.3, 0.4) is 0 Å². The van der Waals surface area contributed by atoms with Gasteiger partial charge in [0.15, 0.2) is 0 Å². The van der Waals surface area contributed by atoms with Crippen LogP contribution >= 0.6 is 0 Å². The highest BCUT2D eigenvalue weighted by molar-refractivity contribution is 6.10. The van der Waals surface area contributed by atoms with Gasteiger partial charge in [-0.25, -0.2) is 4.79 Å². The van der Waals surface area contributed by atoms with Crippen LogP contribution < -0.4 is 15.4 Å². The molecule has 0 radical (unpaired) electrons. The minimum absolute atomic E-state index is 0.355. The Labute approximate surface area is 169 Å². The summed E-state index contributed by atoms with van der Waals surface area (Å²) >= 11 is 0. The van der Waals surface area contributed by atoms with E-state index in [1.54, 1.807) is 12.1 Å². The molecule has 0 unspecified atom stereocenters. The number of nitrogens with one attached hydrogen (secondary N) is 2. The van der Waals surface area contributed by atoms with Gasteiger partial charge in [-0.15, -0.1) is 0 Å².